The molecule has 78 valence electrons. The van der Waals surface area contributed by atoms with Gasteiger partial charge in [0.15, 0.2) is 0 Å². The topological polar surface area (TPSA) is 26.0 Å². The number of halogens is 2. The number of benzene rings is 1. The van der Waals surface area contributed by atoms with Crippen molar-refractivity contribution in [2.75, 3.05) is 6.54 Å². The van der Waals surface area contributed by atoms with E-state index >= 15 is 0 Å². The summed E-state index contributed by atoms with van der Waals surface area (Å²) in [4.78, 5) is 0. The number of hydrogen-bond donors (Lipinski definition) is 1. The second-order valence-electron chi connectivity index (χ2n) is 3.79. The van der Waals surface area contributed by atoms with Gasteiger partial charge in [-0.2, -0.15) is 0 Å². The van der Waals surface area contributed by atoms with Gasteiger partial charge in [-0.05, 0) is 48.9 Å². The Hall–Kier alpha value is -0.0500. The molecule has 1 nitrogen and oxygen atoms in total. The van der Waals surface area contributed by atoms with Crippen molar-refractivity contribution < 1.29 is 0 Å². The van der Waals surface area contributed by atoms with E-state index in [9.17, 15) is 0 Å². The van der Waals surface area contributed by atoms with Crippen LogP contribution < -0.4 is 5.73 Å². The average molecular weight is 277 g/mol. The van der Waals surface area contributed by atoms with Crippen LogP contribution in [0.25, 0.3) is 0 Å². The molecule has 0 aliphatic heterocycles. The van der Waals surface area contributed by atoms with Crippen LogP contribution in [0, 0.1) is 12.8 Å². The molecule has 1 aliphatic rings. The predicted octanol–water partition coefficient (Wildman–Crippen LogP) is 3.24. The summed E-state index contributed by atoms with van der Waals surface area (Å²) in [6, 6.07) is 6.43. The first-order valence-electron chi connectivity index (χ1n) is 4.69. The fraction of sp³-hybridized carbons (Fsp3) is 0.455. The molecule has 1 fully saturated rings. The Labute approximate surface area is 99.6 Å². The van der Waals surface area contributed by atoms with Gasteiger partial charge in [-0.1, -0.05) is 28.1 Å². The molecule has 2 unspecified atom stereocenters. The Morgan fingerprint density at radius 1 is 1.50 bits per heavy atom. The third-order valence-corrected chi connectivity index (χ3v) is 3.79. The minimum atomic E-state index is 0. The van der Waals surface area contributed by atoms with Crippen molar-refractivity contribution in [2.24, 2.45) is 11.7 Å². The van der Waals surface area contributed by atoms with Crippen molar-refractivity contribution in [3.8, 4) is 0 Å². The van der Waals surface area contributed by atoms with Crippen molar-refractivity contribution >= 4 is 28.3 Å². The highest BCUT2D eigenvalue weighted by molar-refractivity contribution is 9.10. The lowest BCUT2D eigenvalue weighted by Gasteiger charge is -2.06. The summed E-state index contributed by atoms with van der Waals surface area (Å²) in [7, 11) is 0. The lowest BCUT2D eigenvalue weighted by Crippen LogP contribution is -2.02. The van der Waals surface area contributed by atoms with Gasteiger partial charge in [0, 0.05) is 4.47 Å². The molecular formula is C11H15BrClN. The van der Waals surface area contributed by atoms with Crippen LogP contribution >= 0.6 is 28.3 Å². The fourth-order valence-corrected chi connectivity index (χ4v) is 2.30. The highest BCUT2D eigenvalue weighted by Gasteiger charge is 2.37. The molecule has 1 aliphatic carbocycles. The molecule has 0 aromatic heterocycles. The Morgan fingerprint density at radius 3 is 2.79 bits per heavy atom. The molecule has 1 aromatic carbocycles. The van der Waals surface area contributed by atoms with Crippen LogP contribution in [-0.4, -0.2) is 6.54 Å². The molecule has 2 atom stereocenters. The first-order valence-corrected chi connectivity index (χ1v) is 5.48. The third-order valence-electron chi connectivity index (χ3n) is 2.93. The monoisotopic (exact) mass is 275 g/mol. The second-order valence-corrected chi connectivity index (χ2v) is 4.65. The molecule has 0 radical (unpaired) electrons. The molecule has 14 heavy (non-hydrogen) atoms. The standard InChI is InChI=1S/C11H14BrN.ClH/c1-7-9(3-2-4-11(7)12)10-5-8(10)6-13;/h2-4,8,10H,5-6,13H2,1H3;1H. The van der Waals surface area contributed by atoms with Crippen molar-refractivity contribution in [1.29, 1.82) is 0 Å². The van der Waals surface area contributed by atoms with Gasteiger partial charge in [-0.25, -0.2) is 0 Å². The third kappa shape index (κ3) is 2.13. The van der Waals surface area contributed by atoms with Gasteiger partial charge in [0.25, 0.3) is 0 Å². The zero-order valence-electron chi connectivity index (χ0n) is 8.16. The molecule has 0 amide bonds. The van der Waals surface area contributed by atoms with Gasteiger partial charge in [0.1, 0.15) is 0 Å². The molecule has 0 heterocycles. The molecule has 1 saturated carbocycles. The van der Waals surface area contributed by atoms with E-state index in [2.05, 4.69) is 41.1 Å². The minimum absolute atomic E-state index is 0. The SMILES string of the molecule is Cc1c(Br)cccc1C1CC1CN.Cl. The number of rotatable bonds is 2. The molecule has 1 aromatic rings. The van der Waals surface area contributed by atoms with Crippen LogP contribution in [-0.2, 0) is 0 Å². The van der Waals surface area contributed by atoms with E-state index in [0.29, 0.717) is 0 Å². The van der Waals surface area contributed by atoms with E-state index in [1.807, 2.05) is 0 Å². The Morgan fingerprint density at radius 2 is 2.21 bits per heavy atom. The molecular weight excluding hydrogens is 261 g/mol. The maximum absolute atomic E-state index is 5.64. The van der Waals surface area contributed by atoms with Crippen LogP contribution in [0.1, 0.15) is 23.5 Å². The summed E-state index contributed by atoms with van der Waals surface area (Å²) in [6.07, 6.45) is 1.27. The molecule has 3 heteroatoms. The van der Waals surface area contributed by atoms with Crippen molar-refractivity contribution in [3.63, 3.8) is 0 Å². The summed E-state index contributed by atoms with van der Waals surface area (Å²) in [5.74, 6) is 1.45. The maximum atomic E-state index is 5.64. The molecule has 2 rings (SSSR count). The van der Waals surface area contributed by atoms with Crippen LogP contribution in [0.3, 0.4) is 0 Å². The van der Waals surface area contributed by atoms with Crippen molar-refractivity contribution in [3.05, 3.63) is 33.8 Å². The number of nitrogens with two attached hydrogens (primary N) is 1. The van der Waals surface area contributed by atoms with Crippen molar-refractivity contribution in [2.45, 2.75) is 19.3 Å². The summed E-state index contributed by atoms with van der Waals surface area (Å²) in [5, 5.41) is 0. The molecule has 0 bridgehead atoms. The van der Waals surface area contributed by atoms with E-state index in [1.165, 1.54) is 22.0 Å². The minimum Gasteiger partial charge on any atom is -0.330 e. The van der Waals surface area contributed by atoms with E-state index < -0.39 is 0 Å². The van der Waals surface area contributed by atoms with E-state index in [-0.39, 0.29) is 12.4 Å². The van der Waals surface area contributed by atoms with E-state index in [1.54, 1.807) is 0 Å². The van der Waals surface area contributed by atoms with Crippen LogP contribution in [0.2, 0.25) is 0 Å². The van der Waals surface area contributed by atoms with Gasteiger partial charge in [0.2, 0.25) is 0 Å². The van der Waals surface area contributed by atoms with Gasteiger partial charge in [0.05, 0.1) is 0 Å². The molecule has 2 N–H and O–H groups in total. The summed E-state index contributed by atoms with van der Waals surface area (Å²) < 4.78 is 1.22. The zero-order chi connectivity index (χ0) is 9.42. The summed E-state index contributed by atoms with van der Waals surface area (Å²) in [6.45, 7) is 3.00. The van der Waals surface area contributed by atoms with Gasteiger partial charge in [-0.3, -0.25) is 0 Å². The lowest BCUT2D eigenvalue weighted by atomic mass is 10.0. The van der Waals surface area contributed by atoms with Crippen LogP contribution in [0.15, 0.2) is 22.7 Å². The first-order chi connectivity index (χ1) is 6.24. The Kier molecular flexibility index (Phi) is 3.99. The summed E-state index contributed by atoms with van der Waals surface area (Å²) in [5.41, 5.74) is 8.49. The van der Waals surface area contributed by atoms with Crippen LogP contribution in [0.4, 0.5) is 0 Å². The first kappa shape index (κ1) is 12.0. The molecule has 0 spiro atoms. The Balaban J connectivity index is 0.000000980. The van der Waals surface area contributed by atoms with E-state index in [4.69, 9.17) is 5.73 Å². The molecule has 0 saturated heterocycles. The van der Waals surface area contributed by atoms with Crippen LogP contribution in [0.5, 0.6) is 0 Å². The normalized spacial score (nSPS) is 24.2. The zero-order valence-corrected chi connectivity index (χ0v) is 10.6. The lowest BCUT2D eigenvalue weighted by molar-refractivity contribution is 0.807. The largest absolute Gasteiger partial charge is 0.330 e. The quantitative estimate of drug-likeness (QED) is 0.882. The summed E-state index contributed by atoms with van der Waals surface area (Å²) >= 11 is 3.55. The predicted molar refractivity (Wildman–Crippen MR) is 66.0 cm³/mol. The maximum Gasteiger partial charge on any atom is 0.0207 e. The van der Waals surface area contributed by atoms with Crippen molar-refractivity contribution in [1.82, 2.24) is 0 Å². The highest BCUT2D eigenvalue weighted by Crippen LogP contribution is 2.48. The van der Waals surface area contributed by atoms with E-state index in [0.717, 1.165) is 18.4 Å². The fourth-order valence-electron chi connectivity index (χ4n) is 1.91. The smallest absolute Gasteiger partial charge is 0.0207 e. The Bertz CT molecular complexity index is 327. The average Bonchev–Trinajstić information content (AvgIpc) is 2.89. The van der Waals surface area contributed by atoms with Gasteiger partial charge in [-0.15, -0.1) is 12.4 Å². The van der Waals surface area contributed by atoms with Gasteiger partial charge >= 0.3 is 0 Å². The second kappa shape index (κ2) is 4.65. The van der Waals surface area contributed by atoms with Gasteiger partial charge < -0.3 is 5.73 Å². The number of hydrogen-bond acceptors (Lipinski definition) is 1. The highest BCUT2D eigenvalue weighted by atomic mass is 79.9.